The molecule has 4 heteroatoms. The first-order valence-corrected chi connectivity index (χ1v) is 2.24. The number of rotatable bonds is 3. The van der Waals surface area contributed by atoms with Crippen LogP contribution in [0.5, 0.6) is 0 Å². The van der Waals surface area contributed by atoms with E-state index >= 15 is 0 Å². The highest BCUT2D eigenvalue weighted by Gasteiger charge is 2.09. The molecule has 0 saturated carbocycles. The predicted octanol–water partition coefficient (Wildman–Crippen LogP) is -1.35. The van der Waals surface area contributed by atoms with E-state index in [0.29, 0.717) is 0 Å². The van der Waals surface area contributed by atoms with E-state index in [1.165, 1.54) is 0 Å². The molecule has 0 saturated heterocycles. The van der Waals surface area contributed by atoms with Crippen molar-refractivity contribution in [3.05, 3.63) is 0 Å². The third kappa shape index (κ3) is 2.54. The maximum Gasteiger partial charge on any atom is 0.333 e. The van der Waals surface area contributed by atoms with Crippen molar-refractivity contribution in [1.29, 1.82) is 0 Å². The first kappa shape index (κ1) is 7.39. The lowest BCUT2D eigenvalue weighted by atomic mass is 10.4. The van der Waals surface area contributed by atoms with Crippen LogP contribution in [0.25, 0.3) is 0 Å². The van der Waals surface area contributed by atoms with Gasteiger partial charge in [0.15, 0.2) is 6.10 Å². The first-order valence-electron chi connectivity index (χ1n) is 2.24. The van der Waals surface area contributed by atoms with E-state index in [1.807, 2.05) is 0 Å². The van der Waals surface area contributed by atoms with Gasteiger partial charge in [-0.25, -0.2) is 4.79 Å². The number of nitrogens with one attached hydrogen (secondary N) is 1. The van der Waals surface area contributed by atoms with E-state index < -0.39 is 12.1 Å². The Morgan fingerprint density at radius 3 is 2.50 bits per heavy atom. The number of carboxylic acids is 1. The zero-order valence-electron chi connectivity index (χ0n) is 4.59. The molecule has 0 aliphatic rings. The minimum absolute atomic E-state index is 0.0926. The third-order valence-corrected chi connectivity index (χ3v) is 0.683. The summed E-state index contributed by atoms with van der Waals surface area (Å²) in [7, 11) is 1.58. The van der Waals surface area contributed by atoms with Crippen molar-refractivity contribution in [2.45, 2.75) is 6.10 Å². The molecular formula is C4H9NO3. The average Bonchev–Trinajstić information content (AvgIpc) is 1.67. The Balaban J connectivity index is 3.32. The summed E-state index contributed by atoms with van der Waals surface area (Å²) in [6.45, 7) is 0.0926. The van der Waals surface area contributed by atoms with Crippen LogP contribution < -0.4 is 5.32 Å². The van der Waals surface area contributed by atoms with Crippen molar-refractivity contribution in [1.82, 2.24) is 5.32 Å². The molecule has 0 aromatic rings. The maximum atomic E-state index is 9.80. The van der Waals surface area contributed by atoms with Gasteiger partial charge in [0.1, 0.15) is 0 Å². The molecule has 1 atom stereocenters. The largest absolute Gasteiger partial charge is 0.479 e. The Morgan fingerprint density at radius 1 is 1.88 bits per heavy atom. The summed E-state index contributed by atoms with van der Waals surface area (Å²) >= 11 is 0. The van der Waals surface area contributed by atoms with Crippen LogP contribution in [0.4, 0.5) is 0 Å². The van der Waals surface area contributed by atoms with Gasteiger partial charge in [0.05, 0.1) is 0 Å². The number of hydrogen-bond donors (Lipinski definition) is 3. The standard InChI is InChI=1S/C4H9NO3/c1-5-2-3(6)4(7)8/h3,5-6H,2H2,1H3,(H,7,8)/t3-/m0/s1. The van der Waals surface area contributed by atoms with Crippen LogP contribution in [-0.4, -0.2) is 35.9 Å². The quantitative estimate of drug-likeness (QED) is 0.429. The number of aliphatic hydroxyl groups is 1. The fourth-order valence-corrected chi connectivity index (χ4v) is 0.281. The van der Waals surface area contributed by atoms with Gasteiger partial charge in [0.25, 0.3) is 0 Å². The number of likely N-dealkylation sites (N-methyl/N-ethyl adjacent to an activating group) is 1. The molecule has 0 spiro atoms. The fourth-order valence-electron chi connectivity index (χ4n) is 0.281. The van der Waals surface area contributed by atoms with Gasteiger partial charge in [-0.1, -0.05) is 0 Å². The molecule has 0 radical (unpaired) electrons. The Hall–Kier alpha value is -0.610. The summed E-state index contributed by atoms with van der Waals surface area (Å²) in [5.74, 6) is -1.20. The fraction of sp³-hybridized carbons (Fsp3) is 0.750. The van der Waals surface area contributed by atoms with E-state index in [9.17, 15) is 4.79 Å². The topological polar surface area (TPSA) is 69.6 Å². The van der Waals surface area contributed by atoms with E-state index in [-0.39, 0.29) is 6.54 Å². The molecule has 4 nitrogen and oxygen atoms in total. The van der Waals surface area contributed by atoms with Gasteiger partial charge in [-0.3, -0.25) is 0 Å². The normalized spacial score (nSPS) is 13.2. The second-order valence-corrected chi connectivity index (χ2v) is 1.41. The highest BCUT2D eigenvalue weighted by atomic mass is 16.4. The molecule has 48 valence electrons. The number of carbonyl (C=O) groups is 1. The van der Waals surface area contributed by atoms with Crippen LogP contribution in [0.1, 0.15) is 0 Å². The minimum atomic E-state index is -1.28. The Bertz CT molecular complexity index is 83.4. The lowest BCUT2D eigenvalue weighted by molar-refractivity contribution is -0.146. The Kier molecular flexibility index (Phi) is 3.14. The van der Waals surface area contributed by atoms with Gasteiger partial charge in [0, 0.05) is 6.54 Å². The van der Waals surface area contributed by atoms with Gasteiger partial charge in [-0.2, -0.15) is 0 Å². The highest BCUT2D eigenvalue weighted by Crippen LogP contribution is 1.76. The molecule has 0 aromatic heterocycles. The van der Waals surface area contributed by atoms with Crippen LogP contribution in [0.3, 0.4) is 0 Å². The predicted molar refractivity (Wildman–Crippen MR) is 27.6 cm³/mol. The van der Waals surface area contributed by atoms with Gasteiger partial charge in [-0.05, 0) is 7.05 Å². The van der Waals surface area contributed by atoms with E-state index in [1.54, 1.807) is 7.05 Å². The van der Waals surface area contributed by atoms with Crippen LogP contribution in [-0.2, 0) is 4.79 Å². The van der Waals surface area contributed by atoms with Crippen molar-refractivity contribution in [3.8, 4) is 0 Å². The van der Waals surface area contributed by atoms with Gasteiger partial charge >= 0.3 is 5.97 Å². The number of carboxylic acid groups (broad SMARTS) is 1. The summed E-state index contributed by atoms with van der Waals surface area (Å²) in [5, 5.41) is 19.0. The number of aliphatic carboxylic acids is 1. The zero-order valence-corrected chi connectivity index (χ0v) is 4.59. The lowest BCUT2D eigenvalue weighted by Gasteiger charge is -2.00. The third-order valence-electron chi connectivity index (χ3n) is 0.683. The zero-order chi connectivity index (χ0) is 6.57. The second-order valence-electron chi connectivity index (χ2n) is 1.41. The van der Waals surface area contributed by atoms with E-state index in [4.69, 9.17) is 10.2 Å². The van der Waals surface area contributed by atoms with Crippen LogP contribution >= 0.6 is 0 Å². The SMILES string of the molecule is CNC[C@H](O)C(=O)O. The van der Waals surface area contributed by atoms with E-state index in [0.717, 1.165) is 0 Å². The summed E-state index contributed by atoms with van der Waals surface area (Å²) in [6, 6.07) is 0. The van der Waals surface area contributed by atoms with E-state index in [2.05, 4.69) is 5.32 Å². The maximum absolute atomic E-state index is 9.80. The lowest BCUT2D eigenvalue weighted by Crippen LogP contribution is -2.30. The Labute approximate surface area is 47.1 Å². The van der Waals surface area contributed by atoms with Crippen molar-refractivity contribution in [2.75, 3.05) is 13.6 Å². The second kappa shape index (κ2) is 3.40. The molecule has 0 aromatic carbocycles. The molecule has 0 fully saturated rings. The summed E-state index contributed by atoms with van der Waals surface area (Å²) < 4.78 is 0. The molecule has 0 aliphatic carbocycles. The van der Waals surface area contributed by atoms with Gasteiger partial charge in [-0.15, -0.1) is 0 Å². The molecule has 0 amide bonds. The minimum Gasteiger partial charge on any atom is -0.479 e. The molecule has 0 unspecified atom stereocenters. The van der Waals surface area contributed by atoms with Crippen molar-refractivity contribution < 1.29 is 15.0 Å². The number of hydrogen-bond acceptors (Lipinski definition) is 3. The summed E-state index contributed by atoms with van der Waals surface area (Å²) in [5.41, 5.74) is 0. The smallest absolute Gasteiger partial charge is 0.333 e. The van der Waals surface area contributed by atoms with Crippen LogP contribution in [0.15, 0.2) is 0 Å². The molecule has 0 rings (SSSR count). The molecule has 0 bridgehead atoms. The monoisotopic (exact) mass is 119 g/mol. The summed E-state index contributed by atoms with van der Waals surface area (Å²) in [4.78, 5) is 9.80. The molecule has 0 heterocycles. The molecular weight excluding hydrogens is 110 g/mol. The average molecular weight is 119 g/mol. The van der Waals surface area contributed by atoms with Gasteiger partial charge in [0.2, 0.25) is 0 Å². The molecule has 3 N–H and O–H groups in total. The summed E-state index contributed by atoms with van der Waals surface area (Å²) in [6.07, 6.45) is -1.28. The van der Waals surface area contributed by atoms with Gasteiger partial charge < -0.3 is 15.5 Å². The highest BCUT2D eigenvalue weighted by molar-refractivity contribution is 5.72. The Morgan fingerprint density at radius 2 is 2.38 bits per heavy atom. The van der Waals surface area contributed by atoms with Crippen molar-refractivity contribution >= 4 is 5.97 Å². The first-order chi connectivity index (χ1) is 3.68. The van der Waals surface area contributed by atoms with Crippen molar-refractivity contribution in [3.63, 3.8) is 0 Å². The van der Waals surface area contributed by atoms with Crippen LogP contribution in [0, 0.1) is 0 Å². The molecule has 8 heavy (non-hydrogen) atoms. The van der Waals surface area contributed by atoms with Crippen LogP contribution in [0.2, 0.25) is 0 Å². The van der Waals surface area contributed by atoms with Crippen molar-refractivity contribution in [2.24, 2.45) is 0 Å². The molecule has 0 aliphatic heterocycles. The number of aliphatic hydroxyl groups excluding tert-OH is 1.